The summed E-state index contributed by atoms with van der Waals surface area (Å²) in [5, 5.41) is 2.34. The molecule has 1 heterocycles. The lowest BCUT2D eigenvalue weighted by molar-refractivity contribution is 1.29. The Kier molecular flexibility index (Phi) is 6.40. The first kappa shape index (κ1) is 25.3. The standard InChI is InChI=1S/C52H35NS/c1-3-11-36(12-4-1)38-21-23-42(24-22-38)48-19-10-20-51-52(48)49-35-45(33-34-50(49)54-51)53(43-29-25-39(26-30-43)37-13-5-2-6-14-37)44-31-27-41(28-32-44)47-18-9-16-40-15-7-8-17-46(40)47/h1-35H/i7D,8D,9D,15D,16D,17D,18D. The van der Waals surface area contributed by atoms with E-state index < -0.39 is 12.1 Å². The molecule has 254 valence electrons. The summed E-state index contributed by atoms with van der Waals surface area (Å²) in [4.78, 5) is 2.19. The summed E-state index contributed by atoms with van der Waals surface area (Å²) in [6.07, 6.45) is 0. The van der Waals surface area contributed by atoms with Gasteiger partial charge in [0.15, 0.2) is 0 Å². The minimum atomic E-state index is -0.471. The number of hydrogen-bond acceptors (Lipinski definition) is 2. The molecule has 10 rings (SSSR count). The molecule has 0 atom stereocenters. The molecule has 0 saturated heterocycles. The first-order chi connectivity index (χ1) is 29.7. The molecule has 0 bridgehead atoms. The van der Waals surface area contributed by atoms with Crippen molar-refractivity contribution in [3.63, 3.8) is 0 Å². The van der Waals surface area contributed by atoms with E-state index in [4.69, 9.17) is 9.60 Å². The van der Waals surface area contributed by atoms with Crippen molar-refractivity contribution in [1.29, 1.82) is 0 Å². The van der Waals surface area contributed by atoms with Crippen molar-refractivity contribution in [3.05, 3.63) is 212 Å². The summed E-state index contributed by atoms with van der Waals surface area (Å²) >= 11 is 1.77. The van der Waals surface area contributed by atoms with E-state index in [1.54, 1.807) is 11.3 Å². The SMILES string of the molecule is [2H]c1c([2H])c([2H])c2c(-c3ccc(N(c4ccc(-c5ccccc5)cc4)c4ccc5sc6cccc(-c7ccc(-c8ccccc8)cc7)c6c5c4)cc3)c([2H])c([2H])c([2H])c2c1[2H]. The second-order valence-electron chi connectivity index (χ2n) is 13.2. The van der Waals surface area contributed by atoms with Crippen LogP contribution < -0.4 is 4.90 Å². The van der Waals surface area contributed by atoms with Crippen molar-refractivity contribution >= 4 is 59.3 Å². The number of fused-ring (bicyclic) bond motifs is 4. The summed E-state index contributed by atoms with van der Waals surface area (Å²) in [5.74, 6) is 0. The number of thiophene rings is 1. The molecule has 9 aromatic carbocycles. The van der Waals surface area contributed by atoms with Crippen LogP contribution in [0, 0.1) is 0 Å². The topological polar surface area (TPSA) is 3.24 Å². The van der Waals surface area contributed by atoms with Crippen LogP contribution in [0.2, 0.25) is 0 Å². The van der Waals surface area contributed by atoms with E-state index in [0.29, 0.717) is 5.56 Å². The van der Waals surface area contributed by atoms with Gasteiger partial charge in [-0.1, -0.05) is 164 Å². The Bertz CT molecular complexity index is 3290. The molecule has 2 heteroatoms. The predicted molar refractivity (Wildman–Crippen MR) is 233 cm³/mol. The summed E-state index contributed by atoms with van der Waals surface area (Å²) in [6.45, 7) is 0. The van der Waals surface area contributed by atoms with Crippen molar-refractivity contribution < 1.29 is 9.60 Å². The highest BCUT2D eigenvalue weighted by atomic mass is 32.1. The molecule has 0 fully saturated rings. The number of nitrogens with zero attached hydrogens (tertiary/aromatic N) is 1. The Morgan fingerprint density at radius 3 is 1.59 bits per heavy atom. The lowest BCUT2D eigenvalue weighted by atomic mass is 9.96. The van der Waals surface area contributed by atoms with E-state index in [9.17, 15) is 0 Å². The normalized spacial score (nSPS) is 13.1. The van der Waals surface area contributed by atoms with Crippen molar-refractivity contribution in [2.45, 2.75) is 0 Å². The summed E-state index contributed by atoms with van der Waals surface area (Å²) in [5.41, 5.74) is 10.2. The third-order valence-corrected chi connectivity index (χ3v) is 11.1. The van der Waals surface area contributed by atoms with Crippen LogP contribution in [0.3, 0.4) is 0 Å². The maximum atomic E-state index is 8.93. The number of benzene rings is 9. The first-order valence-electron chi connectivity index (χ1n) is 21.3. The van der Waals surface area contributed by atoms with Crippen LogP contribution >= 0.6 is 11.3 Å². The van der Waals surface area contributed by atoms with Gasteiger partial charge in [0.05, 0.1) is 9.60 Å². The summed E-state index contributed by atoms with van der Waals surface area (Å²) < 4.78 is 62.5. The lowest BCUT2D eigenvalue weighted by Gasteiger charge is -2.26. The molecule has 0 N–H and O–H groups in total. The molecule has 1 aromatic heterocycles. The Hall–Kier alpha value is -6.74. The molecule has 0 aliphatic heterocycles. The third-order valence-electron chi connectivity index (χ3n) is 10.00. The van der Waals surface area contributed by atoms with Crippen LogP contribution in [0.25, 0.3) is 75.5 Å². The minimum absolute atomic E-state index is 0.0611. The van der Waals surface area contributed by atoms with Crippen LogP contribution in [0.1, 0.15) is 9.60 Å². The summed E-state index contributed by atoms with van der Waals surface area (Å²) in [7, 11) is 0. The quantitative estimate of drug-likeness (QED) is 0.159. The molecule has 0 aliphatic rings. The second-order valence-corrected chi connectivity index (χ2v) is 14.3. The molecule has 0 spiro atoms. The molecular weight excluding hydrogens is 671 g/mol. The monoisotopic (exact) mass is 712 g/mol. The third kappa shape index (κ3) is 5.84. The van der Waals surface area contributed by atoms with Crippen LogP contribution in [0.4, 0.5) is 17.1 Å². The van der Waals surface area contributed by atoms with Gasteiger partial charge in [-0.2, -0.15) is 0 Å². The van der Waals surface area contributed by atoms with Gasteiger partial charge >= 0.3 is 0 Å². The van der Waals surface area contributed by atoms with Gasteiger partial charge in [0.1, 0.15) is 0 Å². The minimum Gasteiger partial charge on any atom is -0.310 e. The Morgan fingerprint density at radius 2 is 0.907 bits per heavy atom. The van der Waals surface area contributed by atoms with E-state index in [-0.39, 0.29) is 46.5 Å². The molecule has 0 radical (unpaired) electrons. The fraction of sp³-hybridized carbons (Fsp3) is 0. The van der Waals surface area contributed by atoms with E-state index in [1.165, 1.54) is 25.9 Å². The smallest absolute Gasteiger partial charge is 0.0629 e. The molecule has 0 aliphatic carbocycles. The first-order valence-corrected chi connectivity index (χ1v) is 18.7. The molecule has 0 saturated carbocycles. The molecule has 54 heavy (non-hydrogen) atoms. The predicted octanol–water partition coefficient (Wildman–Crippen LogP) is 15.3. The van der Waals surface area contributed by atoms with E-state index in [2.05, 4.69) is 126 Å². The molecule has 0 unspecified atom stereocenters. The molecule has 0 amide bonds. The fourth-order valence-electron chi connectivity index (χ4n) is 7.35. The number of rotatable bonds is 7. The summed E-state index contributed by atoms with van der Waals surface area (Å²) in [6, 6.07) is 55.8. The number of hydrogen-bond donors (Lipinski definition) is 0. The molecule has 1 nitrogen and oxygen atoms in total. The maximum absolute atomic E-state index is 8.93. The van der Waals surface area contributed by atoms with Gasteiger partial charge < -0.3 is 4.90 Å². The molecular formula is C52H35NS. The van der Waals surface area contributed by atoms with Gasteiger partial charge in [-0.05, 0) is 104 Å². The zero-order valence-corrected chi connectivity index (χ0v) is 29.8. The van der Waals surface area contributed by atoms with Gasteiger partial charge in [-0.15, -0.1) is 11.3 Å². The fourth-order valence-corrected chi connectivity index (χ4v) is 8.47. The maximum Gasteiger partial charge on any atom is 0.0629 e. The van der Waals surface area contributed by atoms with Crippen molar-refractivity contribution in [2.75, 3.05) is 4.90 Å². The Labute approximate surface area is 329 Å². The Balaban J connectivity index is 1.12. The van der Waals surface area contributed by atoms with Gasteiger partial charge in [0, 0.05) is 37.2 Å². The van der Waals surface area contributed by atoms with Crippen LogP contribution in [-0.4, -0.2) is 0 Å². The van der Waals surface area contributed by atoms with E-state index in [1.807, 2.05) is 48.5 Å². The Morgan fingerprint density at radius 1 is 0.370 bits per heavy atom. The van der Waals surface area contributed by atoms with Crippen molar-refractivity contribution in [1.82, 2.24) is 0 Å². The highest BCUT2D eigenvalue weighted by molar-refractivity contribution is 7.26. The second kappa shape index (κ2) is 13.7. The van der Waals surface area contributed by atoms with Gasteiger partial charge in [-0.25, -0.2) is 0 Å². The van der Waals surface area contributed by atoms with Gasteiger partial charge in [0.2, 0.25) is 0 Å². The lowest BCUT2D eigenvalue weighted by Crippen LogP contribution is -2.09. The average Bonchev–Trinajstić information content (AvgIpc) is 3.69. The number of anilines is 3. The highest BCUT2D eigenvalue weighted by Gasteiger charge is 2.17. The van der Waals surface area contributed by atoms with Crippen LogP contribution in [-0.2, 0) is 0 Å². The van der Waals surface area contributed by atoms with Crippen molar-refractivity contribution in [3.8, 4) is 44.5 Å². The average molecular weight is 713 g/mol. The zero-order valence-electron chi connectivity index (χ0n) is 36.0. The van der Waals surface area contributed by atoms with E-state index in [0.717, 1.165) is 44.7 Å². The van der Waals surface area contributed by atoms with Crippen molar-refractivity contribution in [2.24, 2.45) is 0 Å². The van der Waals surface area contributed by atoms with Crippen LogP contribution in [0.15, 0.2) is 212 Å². The highest BCUT2D eigenvalue weighted by Crippen LogP contribution is 2.44. The zero-order chi connectivity index (χ0) is 41.9. The van der Waals surface area contributed by atoms with E-state index >= 15 is 0 Å². The van der Waals surface area contributed by atoms with Crippen LogP contribution in [0.5, 0.6) is 0 Å². The van der Waals surface area contributed by atoms with Gasteiger partial charge in [0.25, 0.3) is 0 Å². The molecule has 10 aromatic rings. The van der Waals surface area contributed by atoms with Gasteiger partial charge in [-0.3, -0.25) is 0 Å². The largest absolute Gasteiger partial charge is 0.310 e.